The molecule has 3 rings (SSSR count). The standard InChI is InChI=1S/C17H24N2O2/c1-2-19(12-13-7-9-18-10-8-13)17(20)16-11-14-5-3-4-6-15(14)21-16/h3-6,13,16,18H,2,7-12H2,1H3. The average Bonchev–Trinajstić information content (AvgIpc) is 2.97. The van der Waals surface area contributed by atoms with Crippen molar-refractivity contribution in [3.63, 3.8) is 0 Å². The van der Waals surface area contributed by atoms with Gasteiger partial charge in [-0.2, -0.15) is 0 Å². The van der Waals surface area contributed by atoms with Crippen molar-refractivity contribution in [3.05, 3.63) is 29.8 Å². The van der Waals surface area contributed by atoms with Crippen LogP contribution in [0.2, 0.25) is 0 Å². The maximum atomic E-state index is 12.7. The fraction of sp³-hybridized carbons (Fsp3) is 0.588. The first-order chi connectivity index (χ1) is 10.3. The lowest BCUT2D eigenvalue weighted by molar-refractivity contribution is -0.138. The minimum absolute atomic E-state index is 0.146. The number of amides is 1. The van der Waals surface area contributed by atoms with Gasteiger partial charge in [-0.25, -0.2) is 0 Å². The number of carbonyl (C=O) groups excluding carboxylic acids is 1. The predicted octanol–water partition coefficient (Wildman–Crippen LogP) is 1.84. The van der Waals surface area contributed by atoms with E-state index in [4.69, 9.17) is 4.74 Å². The summed E-state index contributed by atoms with van der Waals surface area (Å²) in [7, 11) is 0. The Balaban J connectivity index is 1.61. The minimum atomic E-state index is -0.330. The third-order valence-corrected chi connectivity index (χ3v) is 4.55. The van der Waals surface area contributed by atoms with Crippen molar-refractivity contribution in [2.45, 2.75) is 32.3 Å². The molecular formula is C17H24N2O2. The Morgan fingerprint density at radius 3 is 2.81 bits per heavy atom. The van der Waals surface area contributed by atoms with Crippen LogP contribution in [0.1, 0.15) is 25.3 Å². The van der Waals surface area contributed by atoms with Crippen LogP contribution in [0.25, 0.3) is 0 Å². The van der Waals surface area contributed by atoms with Crippen LogP contribution >= 0.6 is 0 Å². The smallest absolute Gasteiger partial charge is 0.263 e. The largest absolute Gasteiger partial charge is 0.480 e. The molecular weight excluding hydrogens is 264 g/mol. The van der Waals surface area contributed by atoms with Gasteiger partial charge in [-0.1, -0.05) is 18.2 Å². The van der Waals surface area contributed by atoms with Gasteiger partial charge in [-0.3, -0.25) is 4.79 Å². The van der Waals surface area contributed by atoms with Crippen LogP contribution in [-0.4, -0.2) is 43.1 Å². The molecule has 0 saturated carbocycles. The number of nitrogens with zero attached hydrogens (tertiary/aromatic N) is 1. The van der Waals surface area contributed by atoms with E-state index in [2.05, 4.69) is 12.2 Å². The van der Waals surface area contributed by atoms with E-state index in [1.54, 1.807) is 0 Å². The van der Waals surface area contributed by atoms with E-state index in [9.17, 15) is 4.79 Å². The summed E-state index contributed by atoms with van der Waals surface area (Å²) < 4.78 is 5.84. The Bertz CT molecular complexity index is 472. The summed E-state index contributed by atoms with van der Waals surface area (Å²) in [5.74, 6) is 1.64. The molecule has 0 aromatic heterocycles. The highest BCUT2D eigenvalue weighted by Gasteiger charge is 2.32. The van der Waals surface area contributed by atoms with E-state index in [0.717, 1.165) is 50.3 Å². The molecule has 0 spiro atoms. The Labute approximate surface area is 126 Å². The van der Waals surface area contributed by atoms with Crippen LogP contribution < -0.4 is 10.1 Å². The first-order valence-corrected chi connectivity index (χ1v) is 8.02. The van der Waals surface area contributed by atoms with Crippen LogP contribution in [0.5, 0.6) is 5.75 Å². The lowest BCUT2D eigenvalue weighted by atomic mass is 9.97. The van der Waals surface area contributed by atoms with Crippen molar-refractivity contribution >= 4 is 5.91 Å². The zero-order chi connectivity index (χ0) is 14.7. The van der Waals surface area contributed by atoms with Gasteiger partial charge in [-0.05, 0) is 50.4 Å². The van der Waals surface area contributed by atoms with Crippen molar-refractivity contribution in [2.75, 3.05) is 26.2 Å². The van der Waals surface area contributed by atoms with E-state index in [-0.39, 0.29) is 12.0 Å². The summed E-state index contributed by atoms with van der Waals surface area (Å²) in [6.07, 6.45) is 2.70. The van der Waals surface area contributed by atoms with E-state index in [0.29, 0.717) is 12.3 Å². The maximum Gasteiger partial charge on any atom is 0.263 e. The van der Waals surface area contributed by atoms with Gasteiger partial charge < -0.3 is 15.0 Å². The van der Waals surface area contributed by atoms with Crippen molar-refractivity contribution in [1.82, 2.24) is 10.2 Å². The SMILES string of the molecule is CCN(CC1CCNCC1)C(=O)C1Cc2ccccc2O1. The highest BCUT2D eigenvalue weighted by molar-refractivity contribution is 5.82. The lowest BCUT2D eigenvalue weighted by Crippen LogP contribution is -2.45. The molecule has 114 valence electrons. The molecule has 4 heteroatoms. The second-order valence-corrected chi connectivity index (χ2v) is 5.99. The van der Waals surface area contributed by atoms with Crippen LogP contribution in [0.15, 0.2) is 24.3 Å². The van der Waals surface area contributed by atoms with Crippen molar-refractivity contribution < 1.29 is 9.53 Å². The summed E-state index contributed by atoms with van der Waals surface area (Å²) >= 11 is 0. The van der Waals surface area contributed by atoms with Gasteiger partial charge in [-0.15, -0.1) is 0 Å². The molecule has 1 fully saturated rings. The number of nitrogens with one attached hydrogen (secondary N) is 1. The van der Waals surface area contributed by atoms with Crippen molar-refractivity contribution in [1.29, 1.82) is 0 Å². The van der Waals surface area contributed by atoms with Gasteiger partial charge in [0.05, 0.1) is 0 Å². The molecule has 0 aliphatic carbocycles. The van der Waals surface area contributed by atoms with Gasteiger partial charge in [0.25, 0.3) is 5.91 Å². The molecule has 1 aromatic carbocycles. The normalized spacial score (nSPS) is 21.7. The van der Waals surface area contributed by atoms with Gasteiger partial charge in [0.1, 0.15) is 5.75 Å². The number of para-hydroxylation sites is 1. The van der Waals surface area contributed by atoms with E-state index >= 15 is 0 Å². The zero-order valence-electron chi connectivity index (χ0n) is 12.7. The third kappa shape index (κ3) is 3.21. The fourth-order valence-electron chi connectivity index (χ4n) is 3.27. The van der Waals surface area contributed by atoms with Crippen LogP contribution in [0.4, 0.5) is 0 Å². The molecule has 21 heavy (non-hydrogen) atoms. The molecule has 2 aliphatic rings. The molecule has 4 nitrogen and oxygen atoms in total. The number of likely N-dealkylation sites (N-methyl/N-ethyl adjacent to an activating group) is 1. The number of hydrogen-bond donors (Lipinski definition) is 1. The molecule has 1 unspecified atom stereocenters. The average molecular weight is 288 g/mol. The Hall–Kier alpha value is -1.55. The first kappa shape index (κ1) is 14.4. The maximum absolute atomic E-state index is 12.7. The quantitative estimate of drug-likeness (QED) is 0.919. The number of fused-ring (bicyclic) bond motifs is 1. The summed E-state index contributed by atoms with van der Waals surface area (Å²) in [5.41, 5.74) is 1.15. The number of carbonyl (C=O) groups is 1. The number of rotatable bonds is 4. The van der Waals surface area contributed by atoms with E-state index < -0.39 is 0 Å². The second kappa shape index (κ2) is 6.48. The number of benzene rings is 1. The Morgan fingerprint density at radius 2 is 2.10 bits per heavy atom. The summed E-state index contributed by atoms with van der Waals surface area (Å²) in [4.78, 5) is 14.7. The zero-order valence-corrected chi connectivity index (χ0v) is 12.7. The number of ether oxygens (including phenoxy) is 1. The first-order valence-electron chi connectivity index (χ1n) is 8.02. The topological polar surface area (TPSA) is 41.6 Å². The van der Waals surface area contributed by atoms with Crippen LogP contribution in [0.3, 0.4) is 0 Å². The van der Waals surface area contributed by atoms with E-state index in [1.165, 1.54) is 0 Å². The van der Waals surface area contributed by atoms with Crippen molar-refractivity contribution in [2.24, 2.45) is 5.92 Å². The Morgan fingerprint density at radius 1 is 1.33 bits per heavy atom. The molecule has 1 atom stereocenters. The lowest BCUT2D eigenvalue weighted by Gasteiger charge is -2.30. The fourth-order valence-corrected chi connectivity index (χ4v) is 3.27. The number of piperidine rings is 1. The van der Waals surface area contributed by atoms with E-state index in [1.807, 2.05) is 29.2 Å². The summed E-state index contributed by atoms with van der Waals surface area (Å²) in [6.45, 7) is 5.83. The number of hydrogen-bond acceptors (Lipinski definition) is 3. The predicted molar refractivity (Wildman–Crippen MR) is 82.4 cm³/mol. The van der Waals surface area contributed by atoms with Crippen LogP contribution in [0, 0.1) is 5.92 Å². The van der Waals surface area contributed by atoms with Gasteiger partial charge in [0.15, 0.2) is 6.10 Å². The van der Waals surface area contributed by atoms with Gasteiger partial charge in [0, 0.05) is 19.5 Å². The minimum Gasteiger partial charge on any atom is -0.480 e. The molecule has 1 amide bonds. The third-order valence-electron chi connectivity index (χ3n) is 4.55. The molecule has 0 radical (unpaired) electrons. The molecule has 0 bridgehead atoms. The van der Waals surface area contributed by atoms with Gasteiger partial charge in [0.2, 0.25) is 0 Å². The Kier molecular flexibility index (Phi) is 4.44. The monoisotopic (exact) mass is 288 g/mol. The highest BCUT2D eigenvalue weighted by Crippen LogP contribution is 2.29. The molecule has 1 aromatic rings. The van der Waals surface area contributed by atoms with Gasteiger partial charge >= 0.3 is 0 Å². The summed E-state index contributed by atoms with van der Waals surface area (Å²) in [6, 6.07) is 7.96. The highest BCUT2D eigenvalue weighted by atomic mass is 16.5. The molecule has 1 saturated heterocycles. The second-order valence-electron chi connectivity index (χ2n) is 5.99. The van der Waals surface area contributed by atoms with Crippen molar-refractivity contribution in [3.8, 4) is 5.75 Å². The summed E-state index contributed by atoms with van der Waals surface area (Å²) in [5, 5.41) is 3.37. The molecule has 1 N–H and O–H groups in total. The van der Waals surface area contributed by atoms with Crippen LogP contribution in [-0.2, 0) is 11.2 Å². The molecule has 2 heterocycles. The molecule has 2 aliphatic heterocycles.